The number of methoxy groups -OCH3 is 1. The molecule has 0 bridgehead atoms. The van der Waals surface area contributed by atoms with E-state index >= 15 is 0 Å². The predicted molar refractivity (Wildman–Crippen MR) is 75.9 cm³/mol. The van der Waals surface area contributed by atoms with Gasteiger partial charge >= 0.3 is 5.97 Å². The van der Waals surface area contributed by atoms with Crippen LogP contribution < -0.4 is 4.74 Å². The smallest absolute Gasteiger partial charge is 0.329 e. The van der Waals surface area contributed by atoms with E-state index in [-0.39, 0.29) is 5.75 Å². The summed E-state index contributed by atoms with van der Waals surface area (Å²) >= 11 is 1.32. The minimum Gasteiger partial charge on any atom is -0.507 e. The van der Waals surface area contributed by atoms with Crippen LogP contribution in [0.3, 0.4) is 0 Å². The van der Waals surface area contributed by atoms with Crippen molar-refractivity contribution in [3.05, 3.63) is 23.8 Å². The maximum atomic E-state index is 10.8. The molecular formula is C13H15NO5S. The lowest BCUT2D eigenvalue weighted by molar-refractivity contribution is -0.137. The van der Waals surface area contributed by atoms with Gasteiger partial charge in [-0.1, -0.05) is 0 Å². The van der Waals surface area contributed by atoms with Crippen molar-refractivity contribution in [2.45, 2.75) is 6.04 Å². The fourth-order valence-corrected chi connectivity index (χ4v) is 2.74. The molecule has 0 radical (unpaired) electrons. The molecule has 0 amide bonds. The SMILES string of the molecule is COCCOc1ccc(C2=NC(C(=O)O)CS2)c(O)c1. The number of carbonyl (C=O) groups is 1. The molecule has 2 N–H and O–H groups in total. The zero-order valence-electron chi connectivity index (χ0n) is 10.9. The second kappa shape index (κ2) is 6.62. The van der Waals surface area contributed by atoms with Crippen molar-refractivity contribution < 1.29 is 24.5 Å². The Morgan fingerprint density at radius 2 is 2.30 bits per heavy atom. The number of phenolic OH excluding ortho intramolecular Hbond substituents is 1. The van der Waals surface area contributed by atoms with Crippen LogP contribution in [0.15, 0.2) is 23.2 Å². The Bertz CT molecular complexity index is 531. The predicted octanol–water partition coefficient (Wildman–Crippen LogP) is 1.36. The van der Waals surface area contributed by atoms with Crippen LogP contribution in [-0.2, 0) is 9.53 Å². The molecule has 7 heteroatoms. The molecule has 0 aliphatic carbocycles. The Morgan fingerprint density at radius 1 is 1.50 bits per heavy atom. The number of nitrogens with zero attached hydrogens (tertiary/aromatic N) is 1. The maximum absolute atomic E-state index is 10.8. The molecule has 20 heavy (non-hydrogen) atoms. The molecule has 0 aromatic heterocycles. The van der Waals surface area contributed by atoms with Crippen LogP contribution in [0.2, 0.25) is 0 Å². The second-order valence-corrected chi connectivity index (χ2v) is 5.13. The largest absolute Gasteiger partial charge is 0.507 e. The van der Waals surface area contributed by atoms with Crippen molar-refractivity contribution in [1.82, 2.24) is 0 Å². The Kier molecular flexibility index (Phi) is 4.86. The number of thioether (sulfide) groups is 1. The first kappa shape index (κ1) is 14.7. The molecular weight excluding hydrogens is 282 g/mol. The number of aliphatic imine (C=N–C) groups is 1. The summed E-state index contributed by atoms with van der Waals surface area (Å²) in [5.41, 5.74) is 0.526. The van der Waals surface area contributed by atoms with Crippen LogP contribution in [0.1, 0.15) is 5.56 Å². The Balaban J connectivity index is 2.10. The number of hydrogen-bond acceptors (Lipinski definition) is 6. The van der Waals surface area contributed by atoms with E-state index in [1.165, 1.54) is 17.8 Å². The summed E-state index contributed by atoms with van der Waals surface area (Å²) in [6, 6.07) is 4.13. The van der Waals surface area contributed by atoms with Gasteiger partial charge in [0.1, 0.15) is 23.1 Å². The molecule has 0 spiro atoms. The van der Waals surface area contributed by atoms with Crippen LogP contribution in [0.5, 0.6) is 11.5 Å². The number of ether oxygens (including phenoxy) is 2. The lowest BCUT2D eigenvalue weighted by Crippen LogP contribution is -2.17. The summed E-state index contributed by atoms with van der Waals surface area (Å²) in [6.45, 7) is 0.859. The van der Waals surface area contributed by atoms with Crippen molar-refractivity contribution >= 4 is 22.8 Å². The summed E-state index contributed by atoms with van der Waals surface area (Å²) in [4.78, 5) is 14.9. The van der Waals surface area contributed by atoms with Crippen molar-refractivity contribution in [1.29, 1.82) is 0 Å². The lowest BCUT2D eigenvalue weighted by atomic mass is 10.2. The van der Waals surface area contributed by atoms with Gasteiger partial charge in [0.05, 0.1) is 6.61 Å². The summed E-state index contributed by atoms with van der Waals surface area (Å²) < 4.78 is 10.2. The third kappa shape index (κ3) is 3.43. The van der Waals surface area contributed by atoms with Crippen LogP contribution in [0, 0.1) is 0 Å². The first-order valence-electron chi connectivity index (χ1n) is 6.00. The van der Waals surface area contributed by atoms with Crippen LogP contribution in [0.4, 0.5) is 0 Å². The Hall–Kier alpha value is -1.73. The van der Waals surface area contributed by atoms with Gasteiger partial charge in [-0.05, 0) is 12.1 Å². The van der Waals surface area contributed by atoms with E-state index < -0.39 is 12.0 Å². The van der Waals surface area contributed by atoms with Crippen LogP contribution in [-0.4, -0.2) is 53.3 Å². The van der Waals surface area contributed by atoms with E-state index in [4.69, 9.17) is 14.6 Å². The summed E-state index contributed by atoms with van der Waals surface area (Å²) in [6.07, 6.45) is 0. The number of hydrogen-bond donors (Lipinski definition) is 2. The normalized spacial score (nSPS) is 17.9. The molecule has 1 heterocycles. The van der Waals surface area contributed by atoms with E-state index in [2.05, 4.69) is 4.99 Å². The topological polar surface area (TPSA) is 88.4 Å². The number of carboxylic acids is 1. The standard InChI is InChI=1S/C13H15NO5S/c1-18-4-5-19-8-2-3-9(11(15)6-8)12-14-10(7-20-12)13(16)17/h2-3,6,10,15H,4-5,7H2,1H3,(H,16,17). The van der Waals surface area contributed by atoms with Crippen molar-refractivity contribution in [2.24, 2.45) is 4.99 Å². The highest BCUT2D eigenvalue weighted by atomic mass is 32.2. The Morgan fingerprint density at radius 3 is 2.90 bits per heavy atom. The maximum Gasteiger partial charge on any atom is 0.329 e. The number of carboxylic acid groups (broad SMARTS) is 1. The highest BCUT2D eigenvalue weighted by molar-refractivity contribution is 8.14. The molecule has 1 aliphatic rings. The molecule has 1 aliphatic heterocycles. The molecule has 1 aromatic carbocycles. The van der Waals surface area contributed by atoms with Gasteiger partial charge in [0.25, 0.3) is 0 Å². The molecule has 1 unspecified atom stereocenters. The Labute approximate surface area is 120 Å². The molecule has 1 aromatic rings. The number of aliphatic carboxylic acids is 1. The number of rotatable bonds is 6. The van der Waals surface area contributed by atoms with E-state index in [0.29, 0.717) is 35.3 Å². The van der Waals surface area contributed by atoms with Gasteiger partial charge in [0.15, 0.2) is 6.04 Å². The molecule has 108 valence electrons. The molecule has 6 nitrogen and oxygen atoms in total. The molecule has 2 rings (SSSR count). The van der Waals surface area contributed by atoms with Gasteiger partial charge in [-0.2, -0.15) is 0 Å². The van der Waals surface area contributed by atoms with Gasteiger partial charge in [0.2, 0.25) is 0 Å². The van der Waals surface area contributed by atoms with E-state index in [0.717, 1.165) is 0 Å². The van der Waals surface area contributed by atoms with Gasteiger partial charge in [-0.15, -0.1) is 11.8 Å². The molecule has 0 fully saturated rings. The number of phenols is 1. The quantitative estimate of drug-likeness (QED) is 0.771. The van der Waals surface area contributed by atoms with Gasteiger partial charge in [-0.25, -0.2) is 4.79 Å². The average molecular weight is 297 g/mol. The fraction of sp³-hybridized carbons (Fsp3) is 0.385. The first-order valence-corrected chi connectivity index (χ1v) is 6.99. The molecule has 0 saturated carbocycles. The monoisotopic (exact) mass is 297 g/mol. The van der Waals surface area contributed by atoms with Gasteiger partial charge in [-0.3, -0.25) is 4.99 Å². The van der Waals surface area contributed by atoms with Gasteiger partial charge in [0, 0.05) is 24.5 Å². The zero-order chi connectivity index (χ0) is 14.5. The molecule has 1 atom stereocenters. The minimum atomic E-state index is -0.952. The first-order chi connectivity index (χ1) is 9.61. The van der Waals surface area contributed by atoms with E-state index in [1.54, 1.807) is 19.2 Å². The van der Waals surface area contributed by atoms with Crippen LogP contribution >= 0.6 is 11.8 Å². The van der Waals surface area contributed by atoms with Crippen LogP contribution in [0.25, 0.3) is 0 Å². The van der Waals surface area contributed by atoms with E-state index in [9.17, 15) is 9.90 Å². The highest BCUT2D eigenvalue weighted by Crippen LogP contribution is 2.31. The lowest BCUT2D eigenvalue weighted by Gasteiger charge is -2.08. The zero-order valence-corrected chi connectivity index (χ0v) is 11.7. The summed E-state index contributed by atoms with van der Waals surface area (Å²) in [5, 5.41) is 19.4. The van der Waals surface area contributed by atoms with E-state index in [1.807, 2.05) is 0 Å². The van der Waals surface area contributed by atoms with Crippen molar-refractivity contribution in [2.75, 3.05) is 26.1 Å². The summed E-state index contributed by atoms with van der Waals surface area (Å²) in [5.74, 6) is -0.0127. The fourth-order valence-electron chi connectivity index (χ4n) is 1.67. The average Bonchev–Trinajstić information content (AvgIpc) is 2.89. The third-order valence-electron chi connectivity index (χ3n) is 2.69. The molecule has 0 saturated heterocycles. The minimum absolute atomic E-state index is 0.0252. The van der Waals surface area contributed by atoms with Gasteiger partial charge < -0.3 is 19.7 Å². The number of benzene rings is 1. The van der Waals surface area contributed by atoms with Crippen molar-refractivity contribution in [3.8, 4) is 11.5 Å². The summed E-state index contributed by atoms with van der Waals surface area (Å²) in [7, 11) is 1.58. The highest BCUT2D eigenvalue weighted by Gasteiger charge is 2.26. The third-order valence-corrected chi connectivity index (χ3v) is 3.77. The second-order valence-electron chi connectivity index (χ2n) is 4.12. The number of aromatic hydroxyl groups is 1. The van der Waals surface area contributed by atoms with Crippen molar-refractivity contribution in [3.63, 3.8) is 0 Å².